The first-order valence-corrected chi connectivity index (χ1v) is 6.44. The molecule has 1 unspecified atom stereocenters. The van der Waals surface area contributed by atoms with Crippen molar-refractivity contribution in [3.63, 3.8) is 0 Å². The third-order valence-corrected chi connectivity index (χ3v) is 3.18. The van der Waals surface area contributed by atoms with Crippen LogP contribution in [0.4, 0.5) is 0 Å². The number of aliphatic hydroxyl groups excluding tert-OH is 1. The summed E-state index contributed by atoms with van der Waals surface area (Å²) in [6, 6.07) is 0. The van der Waals surface area contributed by atoms with Crippen LogP contribution in [0, 0.1) is 5.92 Å². The normalized spacial score (nSPS) is 11.8. The van der Waals surface area contributed by atoms with Crippen molar-refractivity contribution in [2.45, 2.75) is 26.5 Å². The number of nitrogens with zero attached hydrogens (tertiary/aromatic N) is 1. The van der Waals surface area contributed by atoms with Gasteiger partial charge in [0, 0.05) is 30.4 Å². The van der Waals surface area contributed by atoms with E-state index >= 15 is 0 Å². The Morgan fingerprint density at radius 2 is 2.20 bits per heavy atom. The molecule has 1 aromatic heterocycles. The van der Waals surface area contributed by atoms with E-state index in [2.05, 4.69) is 15.0 Å². The highest BCUT2D eigenvalue weighted by Crippen LogP contribution is 2.18. The molecule has 1 heterocycles. The fourth-order valence-corrected chi connectivity index (χ4v) is 1.85. The predicted octanol–water partition coefficient (Wildman–Crippen LogP) is 1.04. The first kappa shape index (κ1) is 16.4. The van der Waals surface area contributed by atoms with Gasteiger partial charge >= 0.3 is 5.97 Å². The third kappa shape index (κ3) is 4.47. The van der Waals surface area contributed by atoms with E-state index in [1.807, 2.05) is 0 Å². The molecule has 0 aliphatic carbocycles. The molecule has 0 aliphatic heterocycles. The van der Waals surface area contributed by atoms with Gasteiger partial charge in [0.15, 0.2) is 0 Å². The van der Waals surface area contributed by atoms with Gasteiger partial charge in [0.1, 0.15) is 0 Å². The number of amides is 1. The lowest BCUT2D eigenvalue weighted by molar-refractivity contribution is -0.143. The van der Waals surface area contributed by atoms with Crippen LogP contribution in [0.2, 0.25) is 5.02 Å². The second-order valence-corrected chi connectivity index (χ2v) is 4.72. The molecule has 1 aromatic rings. The molecule has 0 fully saturated rings. The summed E-state index contributed by atoms with van der Waals surface area (Å²) in [4.78, 5) is 26.8. The second-order valence-electron chi connectivity index (χ2n) is 4.32. The summed E-state index contributed by atoms with van der Waals surface area (Å²) in [7, 11) is 1.28. The minimum Gasteiger partial charge on any atom is -0.469 e. The van der Waals surface area contributed by atoms with Gasteiger partial charge in [0.05, 0.1) is 25.2 Å². The molecule has 0 aromatic carbocycles. The van der Waals surface area contributed by atoms with Crippen LogP contribution in [0.15, 0.2) is 12.4 Å². The number of pyridine rings is 1. The number of aromatic nitrogens is 1. The zero-order chi connectivity index (χ0) is 15.1. The lowest BCUT2D eigenvalue weighted by atomic mass is 10.1. The van der Waals surface area contributed by atoms with Gasteiger partial charge in [-0.3, -0.25) is 14.6 Å². The summed E-state index contributed by atoms with van der Waals surface area (Å²) < 4.78 is 4.51. The topological polar surface area (TPSA) is 88.5 Å². The Bertz CT molecular complexity index is 493. The highest BCUT2D eigenvalue weighted by atomic mass is 35.5. The zero-order valence-corrected chi connectivity index (χ0v) is 12.1. The fraction of sp³-hybridized carbons (Fsp3) is 0.462. The minimum absolute atomic E-state index is 0.0169. The Hall–Kier alpha value is -1.66. The summed E-state index contributed by atoms with van der Waals surface area (Å²) in [6.45, 7) is 1.59. The lowest BCUT2D eigenvalue weighted by Gasteiger charge is -2.13. The molecule has 1 atom stereocenters. The second kappa shape index (κ2) is 7.81. The molecule has 1 rings (SSSR count). The summed E-state index contributed by atoms with van der Waals surface area (Å²) in [5, 5.41) is 12.3. The minimum atomic E-state index is -0.493. The van der Waals surface area contributed by atoms with Gasteiger partial charge in [-0.15, -0.1) is 0 Å². The first-order valence-electron chi connectivity index (χ1n) is 6.06. The van der Waals surface area contributed by atoms with Crippen molar-refractivity contribution in [2.24, 2.45) is 5.92 Å². The van der Waals surface area contributed by atoms with E-state index in [9.17, 15) is 14.7 Å². The molecule has 0 saturated heterocycles. The van der Waals surface area contributed by atoms with Crippen molar-refractivity contribution in [1.82, 2.24) is 10.3 Å². The molecule has 0 bridgehead atoms. The van der Waals surface area contributed by atoms with Crippen LogP contribution in [-0.2, 0) is 27.5 Å². The van der Waals surface area contributed by atoms with Crippen LogP contribution >= 0.6 is 11.6 Å². The highest BCUT2D eigenvalue weighted by molar-refractivity contribution is 6.31. The van der Waals surface area contributed by atoms with Crippen molar-refractivity contribution >= 4 is 23.5 Å². The van der Waals surface area contributed by atoms with Crippen LogP contribution in [-0.4, -0.2) is 29.1 Å². The highest BCUT2D eigenvalue weighted by Gasteiger charge is 2.17. The maximum atomic E-state index is 11.8. The van der Waals surface area contributed by atoms with Gasteiger partial charge in [-0.05, 0) is 5.56 Å². The molecule has 1 amide bonds. The molecule has 0 radical (unpaired) electrons. The number of esters is 1. The number of hydrogen-bond acceptors (Lipinski definition) is 5. The van der Waals surface area contributed by atoms with E-state index in [0.717, 1.165) is 0 Å². The van der Waals surface area contributed by atoms with Crippen LogP contribution in [0.3, 0.4) is 0 Å². The molecule has 110 valence electrons. The number of carbonyl (C=O) groups is 2. The van der Waals surface area contributed by atoms with Gasteiger partial charge in [-0.2, -0.15) is 0 Å². The van der Waals surface area contributed by atoms with Crippen molar-refractivity contribution in [1.29, 1.82) is 0 Å². The van der Waals surface area contributed by atoms with E-state index in [4.69, 9.17) is 11.6 Å². The standard InChI is InChI=1S/C13H17ClN2O4/c1-8(3-12(18)20-2)13(19)16-5-9-4-15-6-11(14)10(9)7-17/h4,6,8,17H,3,5,7H2,1-2H3,(H,16,19). The SMILES string of the molecule is COC(=O)CC(C)C(=O)NCc1cncc(Cl)c1CO. The van der Waals surface area contributed by atoms with Gasteiger partial charge < -0.3 is 15.2 Å². The van der Waals surface area contributed by atoms with E-state index < -0.39 is 11.9 Å². The molecule has 20 heavy (non-hydrogen) atoms. The smallest absolute Gasteiger partial charge is 0.306 e. The van der Waals surface area contributed by atoms with Crippen molar-refractivity contribution < 1.29 is 19.4 Å². The molecule has 0 spiro atoms. The van der Waals surface area contributed by atoms with Crippen molar-refractivity contribution in [3.05, 3.63) is 28.5 Å². The monoisotopic (exact) mass is 300 g/mol. The Morgan fingerprint density at radius 1 is 1.50 bits per heavy atom. The van der Waals surface area contributed by atoms with Gasteiger partial charge in [0.25, 0.3) is 0 Å². The van der Waals surface area contributed by atoms with Crippen LogP contribution in [0.25, 0.3) is 0 Å². The van der Waals surface area contributed by atoms with E-state index in [-0.39, 0.29) is 25.5 Å². The van der Waals surface area contributed by atoms with Crippen LogP contribution in [0.5, 0.6) is 0 Å². The number of aliphatic hydroxyl groups is 1. The molecule has 6 nitrogen and oxygen atoms in total. The van der Waals surface area contributed by atoms with Crippen molar-refractivity contribution in [2.75, 3.05) is 7.11 Å². The predicted molar refractivity (Wildman–Crippen MR) is 72.8 cm³/mol. The number of rotatable bonds is 6. The van der Waals surface area contributed by atoms with Crippen molar-refractivity contribution in [3.8, 4) is 0 Å². The van der Waals surface area contributed by atoms with Crippen LogP contribution in [0.1, 0.15) is 24.5 Å². The molecular formula is C13H17ClN2O4. The zero-order valence-electron chi connectivity index (χ0n) is 11.4. The summed E-state index contributed by atoms with van der Waals surface area (Å²) >= 11 is 5.90. The average molecular weight is 301 g/mol. The maximum absolute atomic E-state index is 11.8. The lowest BCUT2D eigenvalue weighted by Crippen LogP contribution is -2.30. The Morgan fingerprint density at radius 3 is 2.80 bits per heavy atom. The summed E-state index contributed by atoms with van der Waals surface area (Å²) in [5.41, 5.74) is 1.17. The van der Waals surface area contributed by atoms with E-state index in [0.29, 0.717) is 16.1 Å². The molecular weight excluding hydrogens is 284 g/mol. The van der Waals surface area contributed by atoms with E-state index in [1.54, 1.807) is 6.92 Å². The number of halogens is 1. The Kier molecular flexibility index (Phi) is 6.41. The Labute approximate surface area is 122 Å². The summed E-state index contributed by atoms with van der Waals surface area (Å²) in [6.07, 6.45) is 2.98. The molecule has 2 N–H and O–H groups in total. The number of carbonyl (C=O) groups excluding carboxylic acids is 2. The largest absolute Gasteiger partial charge is 0.469 e. The molecule has 0 saturated carbocycles. The van der Waals surface area contributed by atoms with Gasteiger partial charge in [0.2, 0.25) is 5.91 Å². The number of hydrogen-bond donors (Lipinski definition) is 2. The third-order valence-electron chi connectivity index (χ3n) is 2.85. The number of methoxy groups -OCH3 is 1. The van der Waals surface area contributed by atoms with Gasteiger partial charge in [-0.1, -0.05) is 18.5 Å². The maximum Gasteiger partial charge on any atom is 0.306 e. The van der Waals surface area contributed by atoms with Crippen LogP contribution < -0.4 is 5.32 Å². The molecule has 0 aliphatic rings. The number of ether oxygens (including phenoxy) is 1. The first-order chi connectivity index (χ1) is 9.49. The average Bonchev–Trinajstić information content (AvgIpc) is 2.44. The van der Waals surface area contributed by atoms with E-state index in [1.165, 1.54) is 19.5 Å². The summed E-state index contributed by atoms with van der Waals surface area (Å²) in [5.74, 6) is -1.21. The molecule has 7 heteroatoms. The van der Waals surface area contributed by atoms with Gasteiger partial charge in [-0.25, -0.2) is 0 Å². The Balaban J connectivity index is 2.61. The fourth-order valence-electron chi connectivity index (χ4n) is 1.61. The quantitative estimate of drug-likeness (QED) is 0.766. The number of nitrogens with one attached hydrogen (secondary N) is 1.